The van der Waals surface area contributed by atoms with Crippen LogP contribution in [0, 0.1) is 12.8 Å². The monoisotopic (exact) mass is 531 g/mol. The predicted octanol–water partition coefficient (Wildman–Crippen LogP) is 6.44. The quantitative estimate of drug-likeness (QED) is 0.140. The first-order valence-corrected chi connectivity index (χ1v) is 13.9. The first-order chi connectivity index (χ1) is 18.7. The number of hydrogen-bond acceptors (Lipinski definition) is 5. The van der Waals surface area contributed by atoms with Gasteiger partial charge in [0.15, 0.2) is 5.88 Å². The van der Waals surface area contributed by atoms with E-state index in [0.29, 0.717) is 31.7 Å². The number of allylic oxidation sites excluding steroid dienone is 1. The number of hydrogen-bond donors (Lipinski definition) is 3. The van der Waals surface area contributed by atoms with E-state index in [1.807, 2.05) is 31.2 Å². The third kappa shape index (κ3) is 11.9. The number of fused-ring (bicyclic) bond motifs is 1. The minimum Gasteiger partial charge on any atom is -0.477 e. The van der Waals surface area contributed by atoms with Crippen molar-refractivity contribution in [1.82, 2.24) is 16.0 Å². The highest BCUT2D eigenvalue weighted by Crippen LogP contribution is 2.23. The Bertz CT molecular complexity index is 1050. The summed E-state index contributed by atoms with van der Waals surface area (Å²) in [6.45, 7) is 22.8. The lowest BCUT2D eigenvalue weighted by Gasteiger charge is -2.27. The summed E-state index contributed by atoms with van der Waals surface area (Å²) in [6, 6.07) is 19.3. The first kappa shape index (κ1) is 31.8. The average Bonchev–Trinajstić information content (AvgIpc) is 3.33. The van der Waals surface area contributed by atoms with E-state index in [-0.39, 0.29) is 6.04 Å². The highest BCUT2D eigenvalue weighted by molar-refractivity contribution is 5.35. The molecule has 0 heterocycles. The Balaban J connectivity index is 0.000000658. The Hall–Kier alpha value is -3.44. The van der Waals surface area contributed by atoms with Crippen LogP contribution in [0.3, 0.4) is 0 Å². The third-order valence-electron chi connectivity index (χ3n) is 6.58. The molecule has 0 aromatic heterocycles. The molecule has 5 heteroatoms. The molecule has 1 unspecified atom stereocenters. The van der Waals surface area contributed by atoms with Crippen molar-refractivity contribution in [1.29, 1.82) is 0 Å². The summed E-state index contributed by atoms with van der Waals surface area (Å²) in [6.07, 6.45) is 4.92. The van der Waals surface area contributed by atoms with Crippen LogP contribution >= 0.6 is 0 Å². The van der Waals surface area contributed by atoms with Gasteiger partial charge in [-0.3, -0.25) is 0 Å². The Labute approximate surface area is 237 Å². The van der Waals surface area contributed by atoms with Gasteiger partial charge in [-0.25, -0.2) is 0 Å². The van der Waals surface area contributed by atoms with E-state index in [0.717, 1.165) is 42.1 Å². The van der Waals surface area contributed by atoms with Gasteiger partial charge in [-0.05, 0) is 61.8 Å². The van der Waals surface area contributed by atoms with Gasteiger partial charge in [0.1, 0.15) is 6.61 Å². The van der Waals surface area contributed by atoms with Crippen LogP contribution in [0.25, 0.3) is 0 Å². The maximum absolute atomic E-state index is 5.77. The largest absolute Gasteiger partial charge is 0.477 e. The summed E-state index contributed by atoms with van der Waals surface area (Å²) < 4.78 is 10.8. The fourth-order valence-electron chi connectivity index (χ4n) is 4.37. The van der Waals surface area contributed by atoms with E-state index in [1.165, 1.54) is 16.7 Å². The molecule has 0 radical (unpaired) electrons. The Morgan fingerprint density at radius 2 is 1.59 bits per heavy atom. The number of methoxy groups -OCH3 is 1. The maximum Gasteiger partial charge on any atom is 0.182 e. The van der Waals surface area contributed by atoms with Crippen LogP contribution in [0.4, 0.5) is 0 Å². The van der Waals surface area contributed by atoms with Gasteiger partial charge in [-0.1, -0.05) is 93.7 Å². The standard InChI is InChI=1S/C27H41N3O2.C7H8/c1-8-27(32-14-13-31-7)30-26(15-19(2)3)22(6)28-18-20(4)21(5)29-25-16-23-11-9-10-12-24(23)17-25;1-7-5-3-2-4-6-7/h8-12,19,25-26,28-30H,4-6,13-18H2,1-3,7H3;2-6H,1H3. The van der Waals surface area contributed by atoms with Crippen molar-refractivity contribution < 1.29 is 9.47 Å². The topological polar surface area (TPSA) is 54.5 Å². The lowest BCUT2D eigenvalue weighted by Crippen LogP contribution is -2.38. The van der Waals surface area contributed by atoms with E-state index < -0.39 is 0 Å². The summed E-state index contributed by atoms with van der Waals surface area (Å²) in [5, 5.41) is 10.5. The Kier molecular flexibility index (Phi) is 14.0. The minimum atomic E-state index is 0.0436. The lowest BCUT2D eigenvalue weighted by atomic mass is 10.0. The van der Waals surface area contributed by atoms with Crippen molar-refractivity contribution in [2.24, 2.45) is 5.92 Å². The zero-order chi connectivity index (χ0) is 28.6. The van der Waals surface area contributed by atoms with Crippen molar-refractivity contribution >= 4 is 0 Å². The van der Waals surface area contributed by atoms with Crippen LogP contribution in [-0.2, 0) is 22.3 Å². The molecule has 1 aliphatic rings. The van der Waals surface area contributed by atoms with Crippen LogP contribution in [0.5, 0.6) is 0 Å². The molecule has 0 saturated heterocycles. The molecule has 1 aliphatic carbocycles. The smallest absolute Gasteiger partial charge is 0.182 e. The molecule has 0 fully saturated rings. The van der Waals surface area contributed by atoms with Gasteiger partial charge in [0, 0.05) is 31.1 Å². The summed E-state index contributed by atoms with van der Waals surface area (Å²) in [4.78, 5) is 0. The highest BCUT2D eigenvalue weighted by atomic mass is 16.5. The fraction of sp³-hybridized carbons (Fsp3) is 0.412. The van der Waals surface area contributed by atoms with Gasteiger partial charge in [0.2, 0.25) is 0 Å². The summed E-state index contributed by atoms with van der Waals surface area (Å²) >= 11 is 0. The molecule has 212 valence electrons. The van der Waals surface area contributed by atoms with E-state index in [2.05, 4.69) is 92.9 Å². The summed E-state index contributed by atoms with van der Waals surface area (Å²) in [7, 11) is 1.67. The molecular weight excluding hydrogens is 482 g/mol. The average molecular weight is 532 g/mol. The second-order valence-corrected chi connectivity index (χ2v) is 10.5. The molecule has 0 spiro atoms. The second-order valence-electron chi connectivity index (χ2n) is 10.5. The first-order valence-electron chi connectivity index (χ1n) is 13.9. The minimum absolute atomic E-state index is 0.0436. The molecule has 2 aromatic rings. The third-order valence-corrected chi connectivity index (χ3v) is 6.58. The van der Waals surface area contributed by atoms with Crippen molar-refractivity contribution in [2.75, 3.05) is 26.9 Å². The Morgan fingerprint density at radius 1 is 0.974 bits per heavy atom. The van der Waals surface area contributed by atoms with Gasteiger partial charge in [-0.2, -0.15) is 0 Å². The van der Waals surface area contributed by atoms with E-state index >= 15 is 0 Å². The highest BCUT2D eigenvalue weighted by Gasteiger charge is 2.21. The lowest BCUT2D eigenvalue weighted by molar-refractivity contribution is 0.0987. The predicted molar refractivity (Wildman–Crippen MR) is 165 cm³/mol. The zero-order valence-electron chi connectivity index (χ0n) is 24.7. The van der Waals surface area contributed by atoms with E-state index in [9.17, 15) is 0 Å². The maximum atomic E-state index is 5.77. The molecule has 3 rings (SSSR count). The molecule has 1 atom stereocenters. The van der Waals surface area contributed by atoms with Crippen LogP contribution in [-0.4, -0.2) is 39.0 Å². The van der Waals surface area contributed by atoms with Gasteiger partial charge in [-0.15, -0.1) is 0 Å². The summed E-state index contributed by atoms with van der Waals surface area (Å²) in [5.74, 6) is 1.24. The van der Waals surface area contributed by atoms with E-state index in [4.69, 9.17) is 9.47 Å². The summed E-state index contributed by atoms with van der Waals surface area (Å²) in [5.41, 5.74) is 6.90. The molecule has 0 amide bonds. The number of rotatable bonds is 15. The zero-order valence-corrected chi connectivity index (χ0v) is 24.7. The SMILES string of the molecule is C=C(CNC(=C)C(CC(C)C)NC(=CC)OCCOC)C(=C)NC1Cc2ccccc2C1.Cc1ccccc1. The number of aryl methyl sites for hydroxylation is 1. The van der Waals surface area contributed by atoms with Gasteiger partial charge in [0.25, 0.3) is 0 Å². The molecule has 2 aromatic carbocycles. The van der Waals surface area contributed by atoms with Crippen LogP contribution in [0.15, 0.2) is 103 Å². The van der Waals surface area contributed by atoms with Gasteiger partial charge >= 0.3 is 0 Å². The van der Waals surface area contributed by atoms with Crippen LogP contribution < -0.4 is 16.0 Å². The van der Waals surface area contributed by atoms with Crippen LogP contribution in [0.2, 0.25) is 0 Å². The van der Waals surface area contributed by atoms with Crippen molar-refractivity contribution in [3.8, 4) is 0 Å². The molecule has 0 saturated carbocycles. The van der Waals surface area contributed by atoms with Crippen molar-refractivity contribution in [3.05, 3.63) is 120 Å². The van der Waals surface area contributed by atoms with Gasteiger partial charge < -0.3 is 25.4 Å². The normalized spacial score (nSPS) is 13.5. The molecule has 39 heavy (non-hydrogen) atoms. The molecule has 0 bridgehead atoms. The molecular formula is C34H49N3O2. The van der Waals surface area contributed by atoms with E-state index in [1.54, 1.807) is 7.11 Å². The second kappa shape index (κ2) is 17.2. The Morgan fingerprint density at radius 3 is 2.10 bits per heavy atom. The molecule has 3 N–H and O–H groups in total. The van der Waals surface area contributed by atoms with Crippen LogP contribution in [0.1, 0.15) is 43.9 Å². The molecule has 0 aliphatic heterocycles. The fourth-order valence-corrected chi connectivity index (χ4v) is 4.37. The van der Waals surface area contributed by atoms with Gasteiger partial charge in [0.05, 0.1) is 12.6 Å². The molecule has 5 nitrogen and oxygen atoms in total. The number of benzene rings is 2. The van der Waals surface area contributed by atoms with Crippen molar-refractivity contribution in [3.63, 3.8) is 0 Å². The number of ether oxygens (including phenoxy) is 2. The number of nitrogens with one attached hydrogen (secondary N) is 3. The van der Waals surface area contributed by atoms with Crippen molar-refractivity contribution in [2.45, 2.75) is 59.0 Å².